The molecular formula is C51H49N3O7S2. The molecule has 3 N–H and O–H groups in total. The predicted octanol–water partition coefficient (Wildman–Crippen LogP) is 9.60. The van der Waals surface area contributed by atoms with E-state index in [1.807, 2.05) is 146 Å². The third kappa shape index (κ3) is 10.9. The number of hydrogen-bond acceptors (Lipinski definition) is 9. The summed E-state index contributed by atoms with van der Waals surface area (Å²) >= 11 is 1.50. The number of hydrogen-bond donors (Lipinski definition) is 3. The minimum absolute atomic E-state index is 0.0536. The van der Waals surface area contributed by atoms with E-state index in [9.17, 15) is 18.3 Å². The Balaban J connectivity index is 0.985. The van der Waals surface area contributed by atoms with Crippen LogP contribution in [0.5, 0.6) is 0 Å². The molecule has 0 saturated carbocycles. The Labute approximate surface area is 372 Å². The van der Waals surface area contributed by atoms with Crippen LogP contribution in [0.15, 0.2) is 178 Å². The summed E-state index contributed by atoms with van der Waals surface area (Å²) in [5, 5.41) is 13.2. The number of aliphatic hydroxyl groups is 1. The molecule has 10 nitrogen and oxygen atoms in total. The molecule has 1 aliphatic rings. The normalized spacial score (nSPS) is 18.1. The Bertz CT molecular complexity index is 2620. The summed E-state index contributed by atoms with van der Waals surface area (Å²) in [6.45, 7) is 4.12. The summed E-state index contributed by atoms with van der Waals surface area (Å²) in [6.07, 6.45) is -1.13. The van der Waals surface area contributed by atoms with Crippen molar-refractivity contribution < 1.29 is 32.2 Å². The molecule has 6 aromatic carbocycles. The van der Waals surface area contributed by atoms with Gasteiger partial charge in [0.15, 0.2) is 12.1 Å². The van der Waals surface area contributed by atoms with E-state index in [2.05, 4.69) is 17.0 Å². The molecular weight excluding hydrogens is 831 g/mol. The smallest absolute Gasteiger partial charge is 0.256 e. The topological polar surface area (TPSA) is 140 Å². The highest BCUT2D eigenvalue weighted by Gasteiger charge is 2.39. The number of thioether (sulfide) groups is 1. The zero-order valence-electron chi connectivity index (χ0n) is 35.0. The quantitative estimate of drug-likeness (QED) is 0.0810. The van der Waals surface area contributed by atoms with E-state index in [4.69, 9.17) is 18.9 Å². The summed E-state index contributed by atoms with van der Waals surface area (Å²) in [4.78, 5) is 18.8. The minimum Gasteiger partial charge on any atom is -0.431 e. The fourth-order valence-electron chi connectivity index (χ4n) is 7.52. The summed E-state index contributed by atoms with van der Waals surface area (Å²) < 4.78 is 49.3. The first-order chi connectivity index (χ1) is 30.6. The Kier molecular flexibility index (Phi) is 14.0. The molecule has 1 amide bonds. The van der Waals surface area contributed by atoms with E-state index in [1.54, 1.807) is 12.1 Å². The number of aliphatic hydroxyl groups excluding tert-OH is 1. The van der Waals surface area contributed by atoms with Gasteiger partial charge in [0, 0.05) is 34.9 Å². The molecule has 0 aliphatic carbocycles. The van der Waals surface area contributed by atoms with Gasteiger partial charge in [0.05, 0.1) is 23.7 Å². The van der Waals surface area contributed by atoms with Gasteiger partial charge in [0.1, 0.15) is 11.7 Å². The number of nitrogens with zero attached hydrogens (tertiary/aromatic N) is 1. The van der Waals surface area contributed by atoms with Gasteiger partial charge in [0.25, 0.3) is 5.22 Å². The maximum Gasteiger partial charge on any atom is 0.256 e. The number of amides is 1. The lowest BCUT2D eigenvalue weighted by molar-refractivity contribution is -0.268. The monoisotopic (exact) mass is 879 g/mol. The van der Waals surface area contributed by atoms with Crippen molar-refractivity contribution in [1.29, 1.82) is 0 Å². The Morgan fingerprint density at radius 3 is 1.98 bits per heavy atom. The molecule has 63 heavy (non-hydrogen) atoms. The number of oxazole rings is 1. The second-order valence-corrected chi connectivity index (χ2v) is 18.3. The zero-order valence-corrected chi connectivity index (χ0v) is 36.6. The van der Waals surface area contributed by atoms with Crippen molar-refractivity contribution in [2.24, 2.45) is 5.92 Å². The third-order valence-corrected chi connectivity index (χ3v) is 13.5. The molecule has 0 bridgehead atoms. The molecule has 1 saturated heterocycles. The second kappa shape index (κ2) is 20.1. The lowest BCUT2D eigenvalue weighted by Crippen LogP contribution is -2.47. The number of carbonyl (C=O) groups is 1. The van der Waals surface area contributed by atoms with E-state index in [0.717, 1.165) is 50.2 Å². The molecule has 1 aromatic heterocycles. The van der Waals surface area contributed by atoms with Gasteiger partial charge >= 0.3 is 0 Å². The molecule has 0 unspecified atom stereocenters. The Hall–Kier alpha value is -5.86. The van der Waals surface area contributed by atoms with Crippen LogP contribution in [-0.4, -0.2) is 42.3 Å². The number of aromatic nitrogens is 1. The summed E-state index contributed by atoms with van der Waals surface area (Å²) in [5.74, 6) is 0.737. The van der Waals surface area contributed by atoms with Crippen LogP contribution in [0.4, 0.5) is 0 Å². The lowest BCUT2D eigenvalue weighted by Gasteiger charge is -2.41. The molecule has 0 radical (unpaired) electrons. The largest absolute Gasteiger partial charge is 0.431 e. The van der Waals surface area contributed by atoms with Crippen molar-refractivity contribution in [1.82, 2.24) is 15.0 Å². The van der Waals surface area contributed by atoms with E-state index in [1.165, 1.54) is 23.9 Å². The Morgan fingerprint density at radius 1 is 0.730 bits per heavy atom. The molecule has 5 atom stereocenters. The van der Waals surface area contributed by atoms with Gasteiger partial charge in [-0.1, -0.05) is 176 Å². The van der Waals surface area contributed by atoms with E-state index >= 15 is 0 Å². The van der Waals surface area contributed by atoms with Crippen molar-refractivity contribution in [3.8, 4) is 22.6 Å². The number of benzene rings is 6. The molecule has 0 spiro atoms. The summed E-state index contributed by atoms with van der Waals surface area (Å²) in [5.41, 5.74) is 7.83. The van der Waals surface area contributed by atoms with Crippen molar-refractivity contribution in [2.75, 3.05) is 5.75 Å². The average Bonchev–Trinajstić information content (AvgIpc) is 3.76. The molecule has 2 heterocycles. The lowest BCUT2D eigenvalue weighted by atomic mass is 9.91. The summed E-state index contributed by atoms with van der Waals surface area (Å²) in [7, 11) is -3.98. The van der Waals surface area contributed by atoms with Crippen molar-refractivity contribution >= 4 is 27.7 Å². The number of sulfonamides is 1. The van der Waals surface area contributed by atoms with Crippen molar-refractivity contribution in [2.45, 2.75) is 68.1 Å². The van der Waals surface area contributed by atoms with Gasteiger partial charge in [-0.3, -0.25) is 4.79 Å². The molecule has 7 aromatic rings. The first-order valence-corrected chi connectivity index (χ1v) is 23.3. The highest BCUT2D eigenvalue weighted by Crippen LogP contribution is 2.44. The van der Waals surface area contributed by atoms with Gasteiger partial charge in [-0.05, 0) is 47.7 Å². The second-order valence-electron chi connectivity index (χ2n) is 15.7. The van der Waals surface area contributed by atoms with Crippen LogP contribution >= 0.6 is 11.8 Å². The molecule has 1 fully saturated rings. The molecule has 8 rings (SSSR count). The van der Waals surface area contributed by atoms with Gasteiger partial charge in [-0.15, -0.1) is 0 Å². The Morgan fingerprint density at radius 2 is 1.33 bits per heavy atom. The highest BCUT2D eigenvalue weighted by atomic mass is 32.2. The first-order valence-electron chi connectivity index (χ1n) is 20.9. The number of ether oxygens (including phenoxy) is 2. The van der Waals surface area contributed by atoms with Gasteiger partial charge in [0.2, 0.25) is 15.9 Å². The van der Waals surface area contributed by atoms with Gasteiger partial charge < -0.3 is 24.3 Å². The fraction of sp³-hybridized carbons (Fsp3) is 0.216. The van der Waals surface area contributed by atoms with Gasteiger partial charge in [-0.25, -0.2) is 13.4 Å². The molecule has 1 aliphatic heterocycles. The highest BCUT2D eigenvalue weighted by molar-refractivity contribution is 7.99. The van der Waals surface area contributed by atoms with E-state index < -0.39 is 28.3 Å². The standard InChI is InChI=1S/C51H49N3O7S2/c1-34-18-28-43(29-19-34)63(57,58)54-44(30-36-12-6-3-7-13-36)49(56)52-31-37-20-26-42(27-21-37)50-59-45(35(2)47(60-50)41-24-22-38(32-55)23-25-41)33-62-51-53-46(39-14-8-4-9-15-39)48(61-51)40-16-10-5-11-17-40/h3-29,35,44-45,47,50,54-55H,30-33H2,1-2H3,(H,52,56)/t35-,44+,45+,47+,50+/m0/s1. The zero-order chi connectivity index (χ0) is 43.8. The number of rotatable bonds is 16. The van der Waals surface area contributed by atoms with Crippen LogP contribution in [0.3, 0.4) is 0 Å². The van der Waals surface area contributed by atoms with Crippen molar-refractivity contribution in [3.05, 3.63) is 197 Å². The van der Waals surface area contributed by atoms with Crippen LogP contribution < -0.4 is 10.0 Å². The van der Waals surface area contributed by atoms with E-state index in [-0.39, 0.29) is 42.6 Å². The number of aryl methyl sites for hydroxylation is 1. The van der Waals surface area contributed by atoms with Crippen LogP contribution in [0.2, 0.25) is 0 Å². The molecule has 12 heteroatoms. The number of carbonyl (C=O) groups excluding carboxylic acids is 1. The van der Waals surface area contributed by atoms with Crippen LogP contribution in [-0.2, 0) is 43.9 Å². The molecule has 322 valence electrons. The minimum atomic E-state index is -3.98. The third-order valence-electron chi connectivity index (χ3n) is 11.1. The van der Waals surface area contributed by atoms with E-state index in [0.29, 0.717) is 16.7 Å². The van der Waals surface area contributed by atoms with Gasteiger partial charge in [-0.2, -0.15) is 4.72 Å². The number of nitrogens with one attached hydrogen (secondary N) is 2. The maximum atomic E-state index is 13.7. The van der Waals surface area contributed by atoms with Crippen LogP contribution in [0.1, 0.15) is 52.7 Å². The average molecular weight is 880 g/mol. The van der Waals surface area contributed by atoms with Crippen LogP contribution in [0, 0.1) is 12.8 Å². The first kappa shape index (κ1) is 43.8. The maximum absolute atomic E-state index is 13.7. The van der Waals surface area contributed by atoms with Crippen LogP contribution in [0.25, 0.3) is 22.6 Å². The fourth-order valence-corrected chi connectivity index (χ4v) is 9.70. The predicted molar refractivity (Wildman–Crippen MR) is 245 cm³/mol. The van der Waals surface area contributed by atoms with Crippen molar-refractivity contribution in [3.63, 3.8) is 0 Å². The SMILES string of the molecule is Cc1ccc(S(=O)(=O)N[C@H](Cc2ccccc2)C(=O)NCc2ccc([C@@H]3O[C@H](CSc4nc(-c5ccccc5)c(-c5ccccc5)o4)[C@H](C)[C@H](c4ccc(CO)cc4)O3)cc2)cc1. The summed E-state index contributed by atoms with van der Waals surface area (Å²) in [6, 6.07) is 50.2.